The highest BCUT2D eigenvalue weighted by atomic mass is 32.1. The molecule has 3 heterocycles. The summed E-state index contributed by atoms with van der Waals surface area (Å²) < 4.78 is 0. The number of thiophene rings is 1. The molecule has 1 aromatic heterocycles. The summed E-state index contributed by atoms with van der Waals surface area (Å²) in [4.78, 5) is 3.31. The van der Waals surface area contributed by atoms with Crippen molar-refractivity contribution in [3.05, 3.63) is 45.3 Å². The van der Waals surface area contributed by atoms with Gasteiger partial charge in [0.25, 0.3) is 0 Å². The smallest absolute Gasteiger partial charge is 0.192 e. The second-order valence-corrected chi connectivity index (χ2v) is 7.93. The molecular weight excluding hydrogens is 330 g/mol. The first-order valence-electron chi connectivity index (χ1n) is 8.29. The van der Waals surface area contributed by atoms with E-state index >= 15 is 0 Å². The molecule has 124 valence electrons. The zero-order valence-electron chi connectivity index (χ0n) is 13.8. The van der Waals surface area contributed by atoms with E-state index in [1.807, 2.05) is 17.5 Å². The molecule has 0 unspecified atom stereocenters. The van der Waals surface area contributed by atoms with E-state index in [-0.39, 0.29) is 23.6 Å². The van der Waals surface area contributed by atoms with Crippen LogP contribution in [-0.4, -0.2) is 24.0 Å². The number of likely N-dealkylation sites (N-methyl/N-ethyl adjacent to an activating group) is 1. The van der Waals surface area contributed by atoms with Crippen LogP contribution in [0.5, 0.6) is 0 Å². The average Bonchev–Trinajstić information content (AvgIpc) is 3.21. The minimum atomic E-state index is -1.51. The lowest BCUT2D eigenvalue weighted by Crippen LogP contribution is -2.51. The van der Waals surface area contributed by atoms with Crippen LogP contribution in [0.2, 0.25) is 0 Å². The Morgan fingerprint density at radius 3 is 2.64 bits per heavy atom. The Morgan fingerprint density at radius 1 is 1.28 bits per heavy atom. The molecule has 0 radical (unpaired) electrons. The third-order valence-corrected chi connectivity index (χ3v) is 7.03. The van der Waals surface area contributed by atoms with E-state index in [9.17, 15) is 15.8 Å². The number of nitrogens with two attached hydrogens (primary N) is 1. The van der Waals surface area contributed by atoms with Crippen LogP contribution in [0.4, 0.5) is 0 Å². The second kappa shape index (κ2) is 5.46. The lowest BCUT2D eigenvalue weighted by Gasteiger charge is -2.47. The van der Waals surface area contributed by atoms with Crippen molar-refractivity contribution >= 4 is 11.3 Å². The third-order valence-electron chi connectivity index (χ3n) is 6.07. The van der Waals surface area contributed by atoms with Crippen molar-refractivity contribution in [3.63, 3.8) is 0 Å². The van der Waals surface area contributed by atoms with Crippen molar-refractivity contribution in [3.8, 4) is 18.2 Å². The number of rotatable bonds is 1. The van der Waals surface area contributed by atoms with Crippen LogP contribution in [0.15, 0.2) is 40.4 Å². The maximum atomic E-state index is 10.00. The largest absolute Gasteiger partial charge is 0.399 e. The Morgan fingerprint density at radius 2 is 2.04 bits per heavy atom. The van der Waals surface area contributed by atoms with Crippen LogP contribution in [0.3, 0.4) is 0 Å². The van der Waals surface area contributed by atoms with E-state index in [1.54, 1.807) is 11.3 Å². The van der Waals surface area contributed by atoms with E-state index in [0.717, 1.165) is 23.3 Å². The van der Waals surface area contributed by atoms with Gasteiger partial charge in [-0.2, -0.15) is 15.8 Å². The van der Waals surface area contributed by atoms with E-state index < -0.39 is 5.41 Å². The van der Waals surface area contributed by atoms with Gasteiger partial charge in [-0.25, -0.2) is 0 Å². The molecular formula is C19H17N5S. The van der Waals surface area contributed by atoms with Gasteiger partial charge < -0.3 is 5.73 Å². The van der Waals surface area contributed by atoms with Gasteiger partial charge in [-0.05, 0) is 36.9 Å². The fraction of sp³-hybridized carbons (Fsp3) is 0.421. The Kier molecular flexibility index (Phi) is 3.48. The summed E-state index contributed by atoms with van der Waals surface area (Å²) in [6.45, 7) is 0. The Bertz CT molecular complexity index is 891. The van der Waals surface area contributed by atoms with Gasteiger partial charge in [0.15, 0.2) is 5.41 Å². The zero-order valence-corrected chi connectivity index (χ0v) is 14.6. The molecule has 0 aromatic carbocycles. The molecule has 1 aliphatic carbocycles. The van der Waals surface area contributed by atoms with Crippen LogP contribution < -0.4 is 5.73 Å². The highest BCUT2D eigenvalue weighted by Crippen LogP contribution is 2.58. The molecule has 6 heteroatoms. The topological polar surface area (TPSA) is 101 Å². The summed E-state index contributed by atoms with van der Waals surface area (Å²) in [7, 11) is 2.09. The number of nitriles is 3. The van der Waals surface area contributed by atoms with E-state index in [1.165, 1.54) is 0 Å². The lowest BCUT2D eigenvalue weighted by molar-refractivity contribution is 0.162. The predicted molar refractivity (Wildman–Crippen MR) is 93.7 cm³/mol. The minimum absolute atomic E-state index is 0.0661. The summed E-state index contributed by atoms with van der Waals surface area (Å²) in [5.41, 5.74) is 6.19. The molecule has 3 aliphatic rings. The lowest BCUT2D eigenvalue weighted by atomic mass is 9.58. The number of allylic oxidation sites excluding steroid dienone is 2. The van der Waals surface area contributed by atoms with E-state index in [2.05, 4.69) is 36.2 Å². The average molecular weight is 347 g/mol. The first kappa shape index (κ1) is 15.9. The molecule has 25 heavy (non-hydrogen) atoms. The molecule has 1 saturated heterocycles. The first-order chi connectivity index (χ1) is 12.1. The Hall–Kier alpha value is -2.59. The monoisotopic (exact) mass is 347 g/mol. The van der Waals surface area contributed by atoms with Crippen LogP contribution in [0, 0.1) is 45.3 Å². The zero-order chi connectivity index (χ0) is 17.8. The molecule has 0 saturated carbocycles. The van der Waals surface area contributed by atoms with Crippen molar-refractivity contribution in [1.29, 1.82) is 15.8 Å². The van der Waals surface area contributed by atoms with Crippen molar-refractivity contribution < 1.29 is 0 Å². The molecule has 0 amide bonds. The van der Waals surface area contributed by atoms with Gasteiger partial charge in [0, 0.05) is 28.8 Å². The number of nitrogens with zero attached hydrogens (tertiary/aromatic N) is 4. The van der Waals surface area contributed by atoms with Gasteiger partial charge in [-0.15, -0.1) is 11.3 Å². The summed E-state index contributed by atoms with van der Waals surface area (Å²) in [6.07, 6.45) is 4.17. The SMILES string of the molecule is CN1[C@@H]2C=C3C(C#N)=C(N)C(C#N)(C#N)[C@@H](c4cccs4)[C@@H]3[C@@H]1CC2. The maximum absolute atomic E-state index is 10.00. The normalized spacial score (nSPS) is 33.0. The van der Waals surface area contributed by atoms with Gasteiger partial charge in [-0.3, -0.25) is 4.90 Å². The summed E-state index contributed by atoms with van der Waals surface area (Å²) >= 11 is 1.55. The van der Waals surface area contributed by atoms with E-state index in [4.69, 9.17) is 5.73 Å². The van der Waals surface area contributed by atoms with E-state index in [0.29, 0.717) is 11.6 Å². The molecule has 1 aromatic rings. The highest BCUT2D eigenvalue weighted by molar-refractivity contribution is 7.10. The van der Waals surface area contributed by atoms with Crippen molar-refractivity contribution in [1.82, 2.24) is 4.90 Å². The number of hydrogen-bond acceptors (Lipinski definition) is 6. The van der Waals surface area contributed by atoms with Gasteiger partial charge in [0.1, 0.15) is 6.07 Å². The second-order valence-electron chi connectivity index (χ2n) is 6.95. The molecule has 2 bridgehead atoms. The first-order valence-corrected chi connectivity index (χ1v) is 9.17. The van der Waals surface area contributed by atoms with Crippen LogP contribution in [-0.2, 0) is 0 Å². The van der Waals surface area contributed by atoms with Crippen LogP contribution in [0.1, 0.15) is 23.6 Å². The molecule has 2 N–H and O–H groups in total. The number of fused-ring (bicyclic) bond motifs is 4. The van der Waals surface area contributed by atoms with Gasteiger partial charge in [-0.1, -0.05) is 12.1 Å². The van der Waals surface area contributed by atoms with Crippen LogP contribution in [0.25, 0.3) is 0 Å². The Balaban J connectivity index is 2.05. The fourth-order valence-electron chi connectivity index (χ4n) is 4.86. The Labute approximate surface area is 150 Å². The van der Waals surface area contributed by atoms with Crippen molar-refractivity contribution in [2.75, 3.05) is 7.05 Å². The molecule has 2 aliphatic heterocycles. The van der Waals surface area contributed by atoms with Gasteiger partial charge in [0.2, 0.25) is 0 Å². The summed E-state index contributed by atoms with van der Waals surface area (Å²) in [5.74, 6) is -0.416. The molecule has 5 nitrogen and oxygen atoms in total. The molecule has 4 atom stereocenters. The van der Waals surface area contributed by atoms with Crippen LogP contribution >= 0.6 is 11.3 Å². The van der Waals surface area contributed by atoms with Crippen molar-refractivity contribution in [2.45, 2.75) is 30.8 Å². The third kappa shape index (κ3) is 1.89. The number of hydrogen-bond donors (Lipinski definition) is 1. The summed E-state index contributed by atoms with van der Waals surface area (Å²) in [6, 6.07) is 11.0. The highest BCUT2D eigenvalue weighted by Gasteiger charge is 2.58. The fourth-order valence-corrected chi connectivity index (χ4v) is 5.80. The summed E-state index contributed by atoms with van der Waals surface area (Å²) in [5, 5.41) is 31.7. The van der Waals surface area contributed by atoms with Crippen molar-refractivity contribution in [2.24, 2.45) is 17.1 Å². The molecule has 4 rings (SSSR count). The molecule has 1 fully saturated rings. The standard InChI is InChI=1S/C19H17N5S/c1-24-11-4-5-14(24)16-12(7-11)13(8-20)18(23)19(9-21,10-22)17(16)15-3-2-6-25-15/h2-3,6-7,11,14,16-17H,4-5,23H2,1H3/t11-,14-,16-,17-/m0/s1. The minimum Gasteiger partial charge on any atom is -0.399 e. The molecule has 0 spiro atoms. The quantitative estimate of drug-likeness (QED) is 0.841. The predicted octanol–water partition coefficient (Wildman–Crippen LogP) is 2.63. The van der Waals surface area contributed by atoms with Gasteiger partial charge in [0.05, 0.1) is 23.4 Å². The van der Waals surface area contributed by atoms with Gasteiger partial charge >= 0.3 is 0 Å². The maximum Gasteiger partial charge on any atom is 0.192 e.